The van der Waals surface area contributed by atoms with Crippen molar-refractivity contribution in [2.24, 2.45) is 0 Å². The predicted molar refractivity (Wildman–Crippen MR) is 84.7 cm³/mol. The van der Waals surface area contributed by atoms with Crippen molar-refractivity contribution in [3.05, 3.63) is 40.8 Å². The molecule has 1 aliphatic heterocycles. The average Bonchev–Trinajstić information content (AvgIpc) is 3.22. The minimum Gasteiger partial charge on any atom is -0.379 e. The molecule has 1 amide bonds. The van der Waals surface area contributed by atoms with Crippen molar-refractivity contribution in [3.63, 3.8) is 0 Å². The Hall–Kier alpha value is -1.70. The van der Waals surface area contributed by atoms with Crippen LogP contribution in [0.5, 0.6) is 0 Å². The summed E-state index contributed by atoms with van der Waals surface area (Å²) in [5, 5.41) is 9.16. The van der Waals surface area contributed by atoms with Gasteiger partial charge in [0.05, 0.1) is 19.3 Å². The number of nitrogens with one attached hydrogen (secondary N) is 1. The van der Waals surface area contributed by atoms with Gasteiger partial charge in [-0.05, 0) is 17.5 Å². The van der Waals surface area contributed by atoms with Crippen LogP contribution in [-0.4, -0.2) is 53.4 Å². The van der Waals surface area contributed by atoms with E-state index in [4.69, 9.17) is 4.74 Å². The summed E-state index contributed by atoms with van der Waals surface area (Å²) < 4.78 is 7.05. The number of hydrogen-bond acceptors (Lipinski definition) is 5. The molecule has 0 aromatic carbocycles. The predicted octanol–water partition coefficient (Wildman–Crippen LogP) is 1.13. The van der Waals surface area contributed by atoms with Gasteiger partial charge in [-0.3, -0.25) is 14.4 Å². The molecule has 118 valence electrons. The number of aromatic nitrogens is 2. The summed E-state index contributed by atoms with van der Waals surface area (Å²) >= 11 is 1.73. The van der Waals surface area contributed by atoms with E-state index in [1.807, 2.05) is 6.07 Å². The summed E-state index contributed by atoms with van der Waals surface area (Å²) in [6.07, 6.45) is 3.47. The Morgan fingerprint density at radius 2 is 2.27 bits per heavy atom. The van der Waals surface area contributed by atoms with Crippen LogP contribution < -0.4 is 5.32 Å². The minimum absolute atomic E-state index is 0.0153. The van der Waals surface area contributed by atoms with Crippen LogP contribution in [0.3, 0.4) is 0 Å². The van der Waals surface area contributed by atoms with Crippen LogP contribution in [-0.2, 0) is 16.1 Å². The van der Waals surface area contributed by atoms with Crippen LogP contribution in [0.25, 0.3) is 0 Å². The lowest BCUT2D eigenvalue weighted by molar-refractivity contribution is -0.122. The molecule has 1 fully saturated rings. The molecular weight excluding hydrogens is 300 g/mol. The standard InChI is InChI=1S/C15H20N4O2S/c20-15(12-19-5-2-4-17-19)16-11-13(14-3-1-10-22-14)18-6-8-21-9-7-18/h1-5,10,13H,6-9,11-12H2,(H,16,20)/t13-/m0/s1. The van der Waals surface area contributed by atoms with Gasteiger partial charge in [-0.1, -0.05) is 6.07 Å². The summed E-state index contributed by atoms with van der Waals surface area (Å²) in [4.78, 5) is 15.7. The van der Waals surface area contributed by atoms with Gasteiger partial charge < -0.3 is 10.1 Å². The fourth-order valence-electron chi connectivity index (χ4n) is 2.59. The SMILES string of the molecule is O=C(Cn1cccn1)NC[C@@H](c1cccs1)N1CCOCC1. The third-order valence-corrected chi connectivity index (χ3v) is 4.69. The van der Waals surface area contributed by atoms with Crippen molar-refractivity contribution < 1.29 is 9.53 Å². The highest BCUT2D eigenvalue weighted by Crippen LogP contribution is 2.25. The van der Waals surface area contributed by atoms with Crippen LogP contribution in [0, 0.1) is 0 Å². The third kappa shape index (κ3) is 3.94. The fraction of sp³-hybridized carbons (Fsp3) is 0.467. The summed E-state index contributed by atoms with van der Waals surface area (Å²) in [6.45, 7) is 4.18. The van der Waals surface area contributed by atoms with Crippen molar-refractivity contribution in [2.45, 2.75) is 12.6 Å². The normalized spacial score (nSPS) is 17.3. The number of morpholine rings is 1. The second-order valence-electron chi connectivity index (χ2n) is 5.19. The molecule has 0 aliphatic carbocycles. The van der Waals surface area contributed by atoms with E-state index in [1.165, 1.54) is 4.88 Å². The van der Waals surface area contributed by atoms with Gasteiger partial charge in [-0.25, -0.2) is 0 Å². The van der Waals surface area contributed by atoms with Crippen molar-refractivity contribution in [1.82, 2.24) is 20.0 Å². The molecule has 1 aliphatic rings. The molecule has 2 aromatic heterocycles. The highest BCUT2D eigenvalue weighted by molar-refractivity contribution is 7.10. The molecule has 0 radical (unpaired) electrons. The maximum atomic E-state index is 12.1. The molecule has 0 bridgehead atoms. The summed E-state index contributed by atoms with van der Waals surface area (Å²) in [5.74, 6) is -0.0153. The lowest BCUT2D eigenvalue weighted by atomic mass is 10.2. The molecule has 0 unspecified atom stereocenters. The van der Waals surface area contributed by atoms with E-state index in [9.17, 15) is 4.79 Å². The van der Waals surface area contributed by atoms with Crippen LogP contribution in [0.15, 0.2) is 36.0 Å². The minimum atomic E-state index is -0.0153. The largest absolute Gasteiger partial charge is 0.379 e. The average molecular weight is 320 g/mol. The second-order valence-corrected chi connectivity index (χ2v) is 6.17. The maximum absolute atomic E-state index is 12.1. The van der Waals surface area contributed by atoms with E-state index in [1.54, 1.807) is 28.4 Å². The molecule has 1 saturated heterocycles. The molecule has 1 atom stereocenters. The van der Waals surface area contributed by atoms with Crippen LogP contribution >= 0.6 is 11.3 Å². The van der Waals surface area contributed by atoms with Gasteiger partial charge in [0.25, 0.3) is 0 Å². The first-order valence-corrected chi connectivity index (χ1v) is 8.30. The number of thiophene rings is 1. The van der Waals surface area contributed by atoms with E-state index in [-0.39, 0.29) is 18.5 Å². The summed E-state index contributed by atoms with van der Waals surface area (Å²) in [5.41, 5.74) is 0. The van der Waals surface area contributed by atoms with Gasteiger partial charge in [-0.2, -0.15) is 5.10 Å². The molecule has 1 N–H and O–H groups in total. The van der Waals surface area contributed by atoms with E-state index >= 15 is 0 Å². The van der Waals surface area contributed by atoms with Crippen molar-refractivity contribution in [1.29, 1.82) is 0 Å². The summed E-state index contributed by atoms with van der Waals surface area (Å²) in [7, 11) is 0. The zero-order valence-corrected chi connectivity index (χ0v) is 13.2. The maximum Gasteiger partial charge on any atom is 0.241 e. The number of carbonyl (C=O) groups excluding carboxylic acids is 1. The van der Waals surface area contributed by atoms with E-state index in [2.05, 4.69) is 32.8 Å². The van der Waals surface area contributed by atoms with Gasteiger partial charge in [0.15, 0.2) is 0 Å². The van der Waals surface area contributed by atoms with Gasteiger partial charge >= 0.3 is 0 Å². The Kier molecular flexibility index (Phi) is 5.20. The van der Waals surface area contributed by atoms with Crippen LogP contribution in [0.2, 0.25) is 0 Å². The van der Waals surface area contributed by atoms with E-state index < -0.39 is 0 Å². The second kappa shape index (κ2) is 7.53. The Bertz CT molecular complexity index is 564. The molecule has 2 aromatic rings. The van der Waals surface area contributed by atoms with Crippen molar-refractivity contribution >= 4 is 17.2 Å². The van der Waals surface area contributed by atoms with Gasteiger partial charge in [0.2, 0.25) is 5.91 Å². The highest BCUT2D eigenvalue weighted by Gasteiger charge is 2.23. The summed E-state index contributed by atoms with van der Waals surface area (Å²) in [6, 6.07) is 6.21. The lowest BCUT2D eigenvalue weighted by Gasteiger charge is -2.34. The first kappa shape index (κ1) is 15.2. The Balaban J connectivity index is 1.59. The highest BCUT2D eigenvalue weighted by atomic mass is 32.1. The number of ether oxygens (including phenoxy) is 1. The quantitative estimate of drug-likeness (QED) is 0.867. The Labute approximate surface area is 133 Å². The molecule has 7 heteroatoms. The molecule has 3 heterocycles. The van der Waals surface area contributed by atoms with Crippen molar-refractivity contribution in [2.75, 3.05) is 32.8 Å². The van der Waals surface area contributed by atoms with Crippen LogP contribution in [0.1, 0.15) is 10.9 Å². The number of nitrogens with zero attached hydrogens (tertiary/aromatic N) is 3. The lowest BCUT2D eigenvalue weighted by Crippen LogP contribution is -2.44. The first-order chi connectivity index (χ1) is 10.8. The van der Waals surface area contributed by atoms with Crippen LogP contribution in [0.4, 0.5) is 0 Å². The van der Waals surface area contributed by atoms with E-state index in [0.717, 1.165) is 26.3 Å². The van der Waals surface area contributed by atoms with Gasteiger partial charge in [0.1, 0.15) is 6.54 Å². The fourth-order valence-corrected chi connectivity index (χ4v) is 3.45. The van der Waals surface area contributed by atoms with Crippen molar-refractivity contribution in [3.8, 4) is 0 Å². The molecule has 0 saturated carbocycles. The number of carbonyl (C=O) groups is 1. The molecule has 3 rings (SSSR count). The number of amides is 1. The number of rotatable bonds is 6. The zero-order chi connectivity index (χ0) is 15.2. The zero-order valence-electron chi connectivity index (χ0n) is 12.4. The smallest absolute Gasteiger partial charge is 0.241 e. The Morgan fingerprint density at radius 1 is 1.41 bits per heavy atom. The monoisotopic (exact) mass is 320 g/mol. The molecular formula is C15H20N4O2S. The molecule has 0 spiro atoms. The van der Waals surface area contributed by atoms with Gasteiger partial charge in [0, 0.05) is 36.9 Å². The van der Waals surface area contributed by atoms with Gasteiger partial charge in [-0.15, -0.1) is 11.3 Å². The van der Waals surface area contributed by atoms with E-state index in [0.29, 0.717) is 6.54 Å². The first-order valence-electron chi connectivity index (χ1n) is 7.42. The molecule has 22 heavy (non-hydrogen) atoms. The Morgan fingerprint density at radius 3 is 2.95 bits per heavy atom. The molecule has 6 nitrogen and oxygen atoms in total. The topological polar surface area (TPSA) is 59.4 Å². The third-order valence-electron chi connectivity index (χ3n) is 3.72. The number of hydrogen-bond donors (Lipinski definition) is 1.